The van der Waals surface area contributed by atoms with E-state index in [9.17, 15) is 19.2 Å². The molecule has 0 unspecified atom stereocenters. The van der Waals surface area contributed by atoms with Crippen LogP contribution in [0.1, 0.15) is 32.6 Å². The normalized spacial score (nSPS) is 26.6. The van der Waals surface area contributed by atoms with Crippen LogP contribution in [0.5, 0.6) is 0 Å². The van der Waals surface area contributed by atoms with E-state index in [0.717, 1.165) is 7.11 Å². The van der Waals surface area contributed by atoms with Gasteiger partial charge in [0.25, 0.3) is 0 Å². The van der Waals surface area contributed by atoms with Crippen LogP contribution in [0.15, 0.2) is 11.1 Å². The molecule has 0 N–H and O–H groups in total. The Labute approximate surface area is 133 Å². The molecule has 0 amide bonds. The summed E-state index contributed by atoms with van der Waals surface area (Å²) in [4.78, 5) is 49.2. The van der Waals surface area contributed by atoms with Crippen molar-refractivity contribution in [2.75, 3.05) is 20.8 Å². The van der Waals surface area contributed by atoms with Crippen molar-refractivity contribution in [1.82, 2.24) is 0 Å². The number of rotatable bonds is 4. The molecule has 2 aliphatic rings. The maximum atomic E-state index is 12.6. The number of Topliss-reactive ketones (excluding diaryl/α,β-unsaturated/α-hetero) is 1. The molecule has 0 aromatic heterocycles. The molecule has 7 nitrogen and oxygen atoms in total. The molecule has 2 rings (SSSR count). The third-order valence-electron chi connectivity index (χ3n) is 4.54. The second-order valence-corrected chi connectivity index (χ2v) is 5.56. The lowest BCUT2D eigenvalue weighted by Gasteiger charge is -2.49. The van der Waals surface area contributed by atoms with Crippen LogP contribution in [0.25, 0.3) is 0 Å². The van der Waals surface area contributed by atoms with E-state index in [4.69, 9.17) is 9.47 Å². The average Bonchev–Trinajstić information content (AvgIpc) is 2.53. The van der Waals surface area contributed by atoms with Crippen molar-refractivity contribution in [2.45, 2.75) is 32.6 Å². The standard InChI is InChI=1S/C16H20O7/c1-4-23-15(20)12-10(13(18)21-2)11(14(19)22-3)16(12)8-6-5-7-9(16)17/h11H,4-8H2,1-3H3/t11-,16+/m1/s1. The summed E-state index contributed by atoms with van der Waals surface area (Å²) in [6, 6.07) is 0. The van der Waals surface area contributed by atoms with Gasteiger partial charge in [-0.1, -0.05) is 6.42 Å². The highest BCUT2D eigenvalue weighted by molar-refractivity contribution is 6.16. The Kier molecular flexibility index (Phi) is 4.87. The van der Waals surface area contributed by atoms with Crippen molar-refractivity contribution in [3.05, 3.63) is 11.1 Å². The van der Waals surface area contributed by atoms with E-state index in [1.54, 1.807) is 6.92 Å². The fraction of sp³-hybridized carbons (Fsp3) is 0.625. The number of esters is 3. The molecule has 2 aliphatic carbocycles. The predicted molar refractivity (Wildman–Crippen MR) is 77.1 cm³/mol. The summed E-state index contributed by atoms with van der Waals surface area (Å²) < 4.78 is 14.4. The number of methoxy groups -OCH3 is 2. The molecular weight excluding hydrogens is 304 g/mol. The van der Waals surface area contributed by atoms with Crippen LogP contribution >= 0.6 is 0 Å². The zero-order valence-electron chi connectivity index (χ0n) is 13.5. The number of carbonyl (C=O) groups excluding carboxylic acids is 4. The van der Waals surface area contributed by atoms with Crippen molar-refractivity contribution in [3.8, 4) is 0 Å². The molecule has 0 aliphatic heterocycles. The van der Waals surface area contributed by atoms with Crippen LogP contribution in [-0.2, 0) is 33.4 Å². The smallest absolute Gasteiger partial charge is 0.335 e. The number of hydrogen-bond donors (Lipinski definition) is 0. The van der Waals surface area contributed by atoms with Crippen molar-refractivity contribution >= 4 is 23.7 Å². The minimum atomic E-state index is -1.32. The highest BCUT2D eigenvalue weighted by Gasteiger charge is 2.66. The third-order valence-corrected chi connectivity index (χ3v) is 4.54. The van der Waals surface area contributed by atoms with E-state index in [-0.39, 0.29) is 30.0 Å². The molecule has 0 bridgehead atoms. The van der Waals surface area contributed by atoms with Gasteiger partial charge in [0.2, 0.25) is 0 Å². The number of hydrogen-bond acceptors (Lipinski definition) is 7. The van der Waals surface area contributed by atoms with E-state index in [1.807, 2.05) is 0 Å². The van der Waals surface area contributed by atoms with E-state index >= 15 is 0 Å². The second-order valence-electron chi connectivity index (χ2n) is 5.56. The van der Waals surface area contributed by atoms with Crippen molar-refractivity contribution in [2.24, 2.45) is 11.3 Å². The van der Waals surface area contributed by atoms with Gasteiger partial charge in [0, 0.05) is 6.42 Å². The van der Waals surface area contributed by atoms with Crippen molar-refractivity contribution in [3.63, 3.8) is 0 Å². The van der Waals surface area contributed by atoms with Crippen LogP contribution < -0.4 is 0 Å². The maximum Gasteiger partial charge on any atom is 0.335 e. The largest absolute Gasteiger partial charge is 0.469 e. The van der Waals surface area contributed by atoms with Gasteiger partial charge in [-0.2, -0.15) is 0 Å². The van der Waals surface area contributed by atoms with Gasteiger partial charge in [0.05, 0.1) is 37.4 Å². The van der Waals surface area contributed by atoms with E-state index in [0.29, 0.717) is 19.3 Å². The first-order valence-electron chi connectivity index (χ1n) is 7.56. The van der Waals surface area contributed by atoms with Crippen LogP contribution in [0, 0.1) is 11.3 Å². The minimum Gasteiger partial charge on any atom is -0.469 e. The molecular formula is C16H20O7. The molecule has 23 heavy (non-hydrogen) atoms. The second kappa shape index (κ2) is 6.52. The summed E-state index contributed by atoms with van der Waals surface area (Å²) in [6.45, 7) is 1.73. The number of carbonyl (C=O) groups is 4. The van der Waals surface area contributed by atoms with Gasteiger partial charge in [0.15, 0.2) is 0 Å². The van der Waals surface area contributed by atoms with Crippen molar-refractivity contribution in [1.29, 1.82) is 0 Å². The van der Waals surface area contributed by atoms with E-state index in [2.05, 4.69) is 4.74 Å². The summed E-state index contributed by atoms with van der Waals surface area (Å²) in [5.41, 5.74) is -1.47. The summed E-state index contributed by atoms with van der Waals surface area (Å²) in [6.07, 6.45) is 1.94. The Hall–Kier alpha value is -2.18. The Bertz CT molecular complexity index is 589. The number of ketones is 1. The Balaban J connectivity index is 2.63. The maximum absolute atomic E-state index is 12.6. The minimum absolute atomic E-state index is 0.0358. The lowest BCUT2D eigenvalue weighted by atomic mass is 9.50. The van der Waals surface area contributed by atoms with E-state index < -0.39 is 29.2 Å². The summed E-state index contributed by atoms with van der Waals surface area (Å²) in [5, 5.41) is 0. The van der Waals surface area contributed by atoms with Gasteiger partial charge >= 0.3 is 17.9 Å². The van der Waals surface area contributed by atoms with Crippen LogP contribution in [-0.4, -0.2) is 44.5 Å². The predicted octanol–water partition coefficient (Wildman–Crippen LogP) is 0.951. The SMILES string of the molecule is CCOC(=O)C1=C(C(=O)OC)[C@H](C(=O)OC)[C@@]12CCCCC2=O. The molecule has 0 heterocycles. The van der Waals surface area contributed by atoms with Crippen LogP contribution in [0.4, 0.5) is 0 Å². The molecule has 0 aromatic rings. The highest BCUT2D eigenvalue weighted by atomic mass is 16.5. The fourth-order valence-electron chi connectivity index (χ4n) is 3.58. The third kappa shape index (κ3) is 2.44. The van der Waals surface area contributed by atoms with Gasteiger partial charge in [-0.15, -0.1) is 0 Å². The summed E-state index contributed by atoms with van der Waals surface area (Å²) >= 11 is 0. The molecule has 126 valence electrons. The van der Waals surface area contributed by atoms with Crippen molar-refractivity contribution < 1.29 is 33.4 Å². The lowest BCUT2D eigenvalue weighted by molar-refractivity contribution is -0.162. The van der Waals surface area contributed by atoms with Gasteiger partial charge in [0.1, 0.15) is 11.7 Å². The molecule has 1 fully saturated rings. The van der Waals surface area contributed by atoms with E-state index in [1.165, 1.54) is 7.11 Å². The first-order chi connectivity index (χ1) is 10.9. The monoisotopic (exact) mass is 324 g/mol. The fourth-order valence-corrected chi connectivity index (χ4v) is 3.58. The zero-order valence-corrected chi connectivity index (χ0v) is 13.5. The Morgan fingerprint density at radius 1 is 1.13 bits per heavy atom. The zero-order chi connectivity index (χ0) is 17.2. The number of ether oxygens (including phenoxy) is 3. The van der Waals surface area contributed by atoms with Crippen LogP contribution in [0.3, 0.4) is 0 Å². The van der Waals surface area contributed by atoms with Gasteiger partial charge in [-0.3, -0.25) is 9.59 Å². The molecule has 7 heteroatoms. The summed E-state index contributed by atoms with van der Waals surface area (Å²) in [5.74, 6) is -3.61. The molecule has 0 aromatic carbocycles. The Morgan fingerprint density at radius 2 is 1.83 bits per heavy atom. The Morgan fingerprint density at radius 3 is 2.35 bits per heavy atom. The first kappa shape index (κ1) is 17.2. The van der Waals surface area contributed by atoms with Gasteiger partial charge in [-0.25, -0.2) is 9.59 Å². The quantitative estimate of drug-likeness (QED) is 0.561. The highest BCUT2D eigenvalue weighted by Crippen LogP contribution is 2.58. The summed E-state index contributed by atoms with van der Waals surface area (Å²) in [7, 11) is 2.33. The molecule has 0 saturated heterocycles. The first-order valence-corrected chi connectivity index (χ1v) is 7.56. The average molecular weight is 324 g/mol. The molecule has 1 spiro atoms. The van der Waals surface area contributed by atoms with Crippen LogP contribution in [0.2, 0.25) is 0 Å². The molecule has 1 saturated carbocycles. The molecule has 2 atom stereocenters. The topological polar surface area (TPSA) is 96.0 Å². The van der Waals surface area contributed by atoms with Gasteiger partial charge < -0.3 is 14.2 Å². The molecule has 0 radical (unpaired) electrons. The lowest BCUT2D eigenvalue weighted by Crippen LogP contribution is -2.58. The van der Waals surface area contributed by atoms with Gasteiger partial charge in [-0.05, 0) is 19.8 Å².